The average molecular weight is 612 g/mol. The SMILES string of the molecule is CCN1CCCC1.C[As].Cc1cc(C)nc(C)c1.Fc1ccc2c(c1)OCCO2.[CH3-].[Cs+]. The van der Waals surface area contributed by atoms with Gasteiger partial charge in [-0.15, -0.1) is 0 Å². The van der Waals surface area contributed by atoms with Crippen LogP contribution in [0.5, 0.6) is 11.5 Å². The zero-order chi connectivity index (χ0) is 21.6. The number of likely N-dealkylation sites (tertiary alicyclic amines) is 1. The third kappa shape index (κ3) is 14.4. The summed E-state index contributed by atoms with van der Waals surface area (Å²) in [5.74, 6) is 0.822. The molecule has 0 saturated carbocycles. The standard InChI is InChI=1S/C8H7FO2.C8H11N.C6H13N.CH3As.CH3.Cs/c9-6-1-2-7-8(5-6)11-4-3-10-7;1-6-4-7(2)9-8(3)5-6;1-2-7-5-3-4-6-7;1-2;;/h1-2,5H,3-4H2;4-5H,1-3H3;2-6H2,1H3;1H3;1H3;/q;;;;-1;+1. The number of hydrogen-bond acceptors (Lipinski definition) is 4. The fourth-order valence-corrected chi connectivity index (χ4v) is 3.16. The van der Waals surface area contributed by atoms with Crippen LogP contribution in [0.25, 0.3) is 0 Å². The molecular formula is C24H37AsCsFN2O2. The number of fused-ring (bicyclic) bond motifs is 1. The molecule has 31 heavy (non-hydrogen) atoms. The molecule has 0 N–H and O–H groups in total. The van der Waals surface area contributed by atoms with Gasteiger partial charge in [-0.25, -0.2) is 4.39 Å². The maximum Gasteiger partial charge on any atom is 1.00 e. The molecule has 168 valence electrons. The van der Waals surface area contributed by atoms with E-state index in [1.54, 1.807) is 6.07 Å². The number of hydrogen-bond donors (Lipinski definition) is 0. The number of aromatic nitrogens is 1. The Kier molecular flexibility index (Phi) is 21.6. The van der Waals surface area contributed by atoms with Crippen LogP contribution in [0.1, 0.15) is 36.7 Å². The van der Waals surface area contributed by atoms with E-state index in [1.165, 1.54) is 50.2 Å². The van der Waals surface area contributed by atoms with Gasteiger partial charge in [-0.05, 0) is 83.1 Å². The predicted octanol–water partition coefficient (Wildman–Crippen LogP) is 2.36. The number of pyridine rings is 1. The summed E-state index contributed by atoms with van der Waals surface area (Å²) in [5.41, 5.74) is 5.44. The number of ether oxygens (including phenoxy) is 2. The Bertz CT molecular complexity index is 678. The van der Waals surface area contributed by atoms with Crippen LogP contribution in [-0.4, -0.2) is 59.6 Å². The van der Waals surface area contributed by atoms with Crippen LogP contribution < -0.4 is 78.4 Å². The van der Waals surface area contributed by atoms with Gasteiger partial charge in [-0.2, -0.15) is 0 Å². The van der Waals surface area contributed by atoms with Crippen LogP contribution in [0.4, 0.5) is 4.39 Å². The van der Waals surface area contributed by atoms with Crippen molar-refractivity contribution in [2.75, 3.05) is 32.8 Å². The van der Waals surface area contributed by atoms with E-state index >= 15 is 0 Å². The Hall–Kier alpha value is 0.470. The van der Waals surface area contributed by atoms with Gasteiger partial charge in [0.05, 0.1) is 0 Å². The Morgan fingerprint density at radius 1 is 0.935 bits per heavy atom. The molecule has 2 aliphatic heterocycles. The minimum Gasteiger partial charge on any atom is -0.486 e. The summed E-state index contributed by atoms with van der Waals surface area (Å²) in [6, 6.07) is 8.41. The Balaban J connectivity index is 0. The van der Waals surface area contributed by atoms with Crippen molar-refractivity contribution in [2.45, 2.75) is 46.2 Å². The molecule has 4 rings (SSSR count). The second-order valence-electron chi connectivity index (χ2n) is 6.86. The van der Waals surface area contributed by atoms with Crippen molar-refractivity contribution in [1.29, 1.82) is 0 Å². The molecule has 2 aromatic rings. The molecule has 0 unspecified atom stereocenters. The summed E-state index contributed by atoms with van der Waals surface area (Å²) >= 11 is 2.31. The number of rotatable bonds is 1. The first-order valence-electron chi connectivity index (χ1n) is 10.1. The molecule has 0 bridgehead atoms. The van der Waals surface area contributed by atoms with Crippen molar-refractivity contribution in [3.8, 4) is 11.5 Å². The van der Waals surface area contributed by atoms with Crippen molar-refractivity contribution in [1.82, 2.24) is 9.88 Å². The van der Waals surface area contributed by atoms with Crippen LogP contribution in [-0.2, 0) is 0 Å². The summed E-state index contributed by atoms with van der Waals surface area (Å²) < 4.78 is 22.9. The molecule has 2 aliphatic rings. The van der Waals surface area contributed by atoms with Gasteiger partial charge in [0.1, 0.15) is 19.0 Å². The van der Waals surface area contributed by atoms with Crippen LogP contribution in [0.3, 0.4) is 0 Å². The van der Waals surface area contributed by atoms with Crippen LogP contribution in [0, 0.1) is 34.0 Å². The van der Waals surface area contributed by atoms with Crippen LogP contribution in [0.2, 0.25) is 5.71 Å². The van der Waals surface area contributed by atoms with Crippen molar-refractivity contribution in [3.63, 3.8) is 0 Å². The minimum atomic E-state index is -0.297. The van der Waals surface area contributed by atoms with E-state index in [1.807, 2.05) is 19.6 Å². The van der Waals surface area contributed by atoms with Gasteiger partial charge < -0.3 is 21.8 Å². The summed E-state index contributed by atoms with van der Waals surface area (Å²) in [4.78, 5) is 6.72. The topological polar surface area (TPSA) is 34.6 Å². The van der Waals surface area contributed by atoms with Gasteiger partial charge in [-0.3, -0.25) is 4.98 Å². The molecule has 1 aromatic carbocycles. The third-order valence-corrected chi connectivity index (χ3v) is 4.38. The van der Waals surface area contributed by atoms with Crippen LogP contribution >= 0.6 is 0 Å². The van der Waals surface area contributed by atoms with E-state index in [0.717, 1.165) is 11.4 Å². The van der Waals surface area contributed by atoms with Gasteiger partial charge >= 0.3 is 91.5 Å². The molecule has 0 atom stereocenters. The summed E-state index contributed by atoms with van der Waals surface area (Å²) in [7, 11) is 0. The fourth-order valence-electron chi connectivity index (χ4n) is 3.16. The average Bonchev–Trinajstić information content (AvgIpc) is 3.23. The second-order valence-corrected chi connectivity index (χ2v) is 6.86. The number of benzene rings is 1. The van der Waals surface area contributed by atoms with Crippen molar-refractivity contribution >= 4 is 16.9 Å². The molecule has 0 amide bonds. The van der Waals surface area contributed by atoms with E-state index in [2.05, 4.69) is 52.7 Å². The Labute approximate surface area is 257 Å². The molecule has 1 saturated heterocycles. The Morgan fingerprint density at radius 3 is 1.90 bits per heavy atom. The molecular weight excluding hydrogens is 575 g/mol. The minimum absolute atomic E-state index is 0. The second kappa shape index (κ2) is 19.9. The molecule has 7 heteroatoms. The normalized spacial score (nSPS) is 13.5. The van der Waals surface area contributed by atoms with Crippen molar-refractivity contribution < 1.29 is 82.8 Å². The molecule has 4 nitrogen and oxygen atoms in total. The van der Waals surface area contributed by atoms with Gasteiger partial charge in [0.25, 0.3) is 0 Å². The molecule has 1 fully saturated rings. The zero-order valence-electron chi connectivity index (χ0n) is 20.4. The zero-order valence-corrected chi connectivity index (χ0v) is 28.5. The van der Waals surface area contributed by atoms with Gasteiger partial charge in [-0.1, -0.05) is 6.92 Å². The van der Waals surface area contributed by atoms with E-state index in [4.69, 9.17) is 9.47 Å². The molecule has 0 aliphatic carbocycles. The van der Waals surface area contributed by atoms with Gasteiger partial charge in [0.15, 0.2) is 11.5 Å². The van der Waals surface area contributed by atoms with E-state index < -0.39 is 0 Å². The smallest absolute Gasteiger partial charge is 0.486 e. The van der Waals surface area contributed by atoms with Crippen molar-refractivity contribution in [3.05, 3.63) is 60.5 Å². The van der Waals surface area contributed by atoms with Gasteiger partial charge in [0, 0.05) is 17.5 Å². The van der Waals surface area contributed by atoms with Gasteiger partial charge in [0.2, 0.25) is 0 Å². The van der Waals surface area contributed by atoms with E-state index in [9.17, 15) is 4.39 Å². The van der Waals surface area contributed by atoms with Crippen LogP contribution in [0.15, 0.2) is 30.3 Å². The molecule has 3 heterocycles. The van der Waals surface area contributed by atoms with Crippen molar-refractivity contribution in [2.24, 2.45) is 0 Å². The summed E-state index contributed by atoms with van der Waals surface area (Å²) in [6.07, 6.45) is 2.85. The first kappa shape index (κ1) is 33.6. The number of aryl methyl sites for hydroxylation is 3. The quantitative estimate of drug-likeness (QED) is 0.366. The summed E-state index contributed by atoms with van der Waals surface area (Å²) in [6.45, 7) is 13.3. The first-order valence-corrected chi connectivity index (χ1v) is 12.0. The third-order valence-electron chi connectivity index (χ3n) is 4.38. The number of halogens is 1. The fraction of sp³-hybridized carbons (Fsp3) is 0.500. The Morgan fingerprint density at radius 2 is 1.45 bits per heavy atom. The maximum atomic E-state index is 12.6. The largest absolute Gasteiger partial charge is 1.00 e. The first-order chi connectivity index (χ1) is 14.0. The molecule has 1 aromatic heterocycles. The van der Waals surface area contributed by atoms with E-state index in [0.29, 0.717) is 24.7 Å². The monoisotopic (exact) mass is 612 g/mol. The summed E-state index contributed by atoms with van der Waals surface area (Å²) in [5, 5.41) is 0. The molecule has 2 radical (unpaired) electrons. The molecule has 0 spiro atoms. The predicted molar refractivity (Wildman–Crippen MR) is 125 cm³/mol. The number of nitrogens with zero attached hydrogens (tertiary/aromatic N) is 2. The maximum absolute atomic E-state index is 12.6. The van der Waals surface area contributed by atoms with E-state index in [-0.39, 0.29) is 82.1 Å².